The molecule has 3 N–H and O–H groups in total. The van der Waals surface area contributed by atoms with Crippen LogP contribution in [-0.4, -0.2) is 32.2 Å². The van der Waals surface area contributed by atoms with Gasteiger partial charge in [0.05, 0.1) is 5.69 Å². The highest BCUT2D eigenvalue weighted by Crippen LogP contribution is 2.16. The van der Waals surface area contributed by atoms with E-state index in [2.05, 4.69) is 15.4 Å². The maximum Gasteiger partial charge on any atom is 0.272 e. The Hall–Kier alpha value is -3.68. The van der Waals surface area contributed by atoms with Crippen molar-refractivity contribution in [2.45, 2.75) is 32.9 Å². The second-order valence-corrected chi connectivity index (χ2v) is 7.43. The number of nitrogens with one attached hydrogen (secondary N) is 1. The number of ether oxygens (including phenoxy) is 1. The third-order valence-electron chi connectivity index (χ3n) is 3.86. The molecule has 8 nitrogen and oxygen atoms in total. The van der Waals surface area contributed by atoms with Crippen LogP contribution in [0.1, 0.15) is 47.3 Å². The Morgan fingerprint density at radius 3 is 2.45 bits per heavy atom. The summed E-state index contributed by atoms with van der Waals surface area (Å²) in [6.07, 6.45) is 1.64. The first-order valence-corrected chi connectivity index (χ1v) is 9.10. The molecule has 0 bridgehead atoms. The Bertz CT molecular complexity index is 1010. The van der Waals surface area contributed by atoms with Crippen LogP contribution in [0.3, 0.4) is 0 Å². The molecule has 1 aromatic carbocycles. The Labute approximate surface area is 168 Å². The number of hydrogen-bond acceptors (Lipinski definition) is 5. The van der Waals surface area contributed by atoms with Crippen molar-refractivity contribution in [2.24, 2.45) is 5.73 Å². The summed E-state index contributed by atoms with van der Waals surface area (Å²) in [4.78, 5) is 28.5. The maximum absolute atomic E-state index is 12.5. The van der Waals surface area contributed by atoms with Gasteiger partial charge in [0.25, 0.3) is 11.8 Å². The minimum absolute atomic E-state index is 0.100. The van der Waals surface area contributed by atoms with Crippen molar-refractivity contribution in [1.82, 2.24) is 20.1 Å². The molecule has 0 atom stereocenters. The van der Waals surface area contributed by atoms with Crippen molar-refractivity contribution in [1.29, 1.82) is 0 Å². The molecule has 0 saturated carbocycles. The lowest BCUT2D eigenvalue weighted by atomic mass is 10.2. The van der Waals surface area contributed by atoms with E-state index in [-0.39, 0.29) is 23.5 Å². The van der Waals surface area contributed by atoms with Gasteiger partial charge < -0.3 is 15.8 Å². The van der Waals surface area contributed by atoms with E-state index in [0.29, 0.717) is 11.6 Å². The van der Waals surface area contributed by atoms with E-state index in [9.17, 15) is 9.59 Å². The van der Waals surface area contributed by atoms with E-state index >= 15 is 0 Å². The van der Waals surface area contributed by atoms with Gasteiger partial charge in [-0.2, -0.15) is 5.10 Å². The fourth-order valence-electron chi connectivity index (χ4n) is 2.60. The Morgan fingerprint density at radius 2 is 1.86 bits per heavy atom. The Morgan fingerprint density at radius 1 is 1.14 bits per heavy atom. The fourth-order valence-corrected chi connectivity index (χ4v) is 2.60. The number of hydrogen-bond donors (Lipinski definition) is 2. The number of aromatic nitrogens is 3. The van der Waals surface area contributed by atoms with Crippen molar-refractivity contribution < 1.29 is 14.3 Å². The number of nitrogens with zero attached hydrogens (tertiary/aromatic N) is 3. The molecule has 2 amide bonds. The molecule has 3 rings (SSSR count). The zero-order valence-corrected chi connectivity index (χ0v) is 16.5. The summed E-state index contributed by atoms with van der Waals surface area (Å²) in [5.41, 5.74) is 6.77. The van der Waals surface area contributed by atoms with Gasteiger partial charge in [0, 0.05) is 24.9 Å². The summed E-state index contributed by atoms with van der Waals surface area (Å²) in [7, 11) is 0. The summed E-state index contributed by atoms with van der Waals surface area (Å²) in [6, 6.07) is 14.0. The highest BCUT2D eigenvalue weighted by Gasteiger charge is 2.18. The normalized spacial score (nSPS) is 11.1. The highest BCUT2D eigenvalue weighted by molar-refractivity contribution is 5.97. The number of benzene rings is 1. The van der Waals surface area contributed by atoms with Crippen LogP contribution < -0.4 is 15.8 Å². The topological polar surface area (TPSA) is 112 Å². The van der Waals surface area contributed by atoms with E-state index in [1.54, 1.807) is 24.4 Å². The number of carbonyl (C=O) groups excluding carboxylic acids is 2. The third-order valence-corrected chi connectivity index (χ3v) is 3.86. The second-order valence-electron chi connectivity index (χ2n) is 7.43. The van der Waals surface area contributed by atoms with Gasteiger partial charge in [-0.05, 0) is 38.5 Å². The molecule has 0 radical (unpaired) electrons. The molecule has 150 valence electrons. The van der Waals surface area contributed by atoms with Crippen molar-refractivity contribution in [2.75, 3.05) is 0 Å². The van der Waals surface area contributed by atoms with Crippen LogP contribution in [0.25, 0.3) is 5.69 Å². The van der Waals surface area contributed by atoms with Gasteiger partial charge in [-0.1, -0.05) is 24.3 Å². The molecule has 2 heterocycles. The standard InChI is InChI=1S/C21H23N5O3/c1-21(2,3)29-18-10-9-14(12-23-18)13-24-20(28)16-11-17(19(22)27)26(25-16)15-7-5-4-6-8-15/h4-12H,13H2,1-3H3,(H2,22,27)(H,24,28). The minimum Gasteiger partial charge on any atom is -0.472 e. The molecule has 8 heteroatoms. The number of pyridine rings is 1. The van der Waals surface area contributed by atoms with Gasteiger partial charge in [-0.25, -0.2) is 9.67 Å². The van der Waals surface area contributed by atoms with Gasteiger partial charge in [0.2, 0.25) is 5.88 Å². The number of nitrogens with two attached hydrogens (primary N) is 1. The lowest BCUT2D eigenvalue weighted by Gasteiger charge is -2.20. The van der Waals surface area contributed by atoms with E-state index in [4.69, 9.17) is 10.5 Å². The predicted molar refractivity (Wildman–Crippen MR) is 108 cm³/mol. The first-order chi connectivity index (χ1) is 13.7. The van der Waals surface area contributed by atoms with Gasteiger partial charge in [-0.15, -0.1) is 0 Å². The summed E-state index contributed by atoms with van der Waals surface area (Å²) < 4.78 is 7.04. The molecule has 0 aliphatic rings. The molecular weight excluding hydrogens is 370 g/mol. The number of rotatable bonds is 6. The molecule has 2 aromatic heterocycles. The van der Waals surface area contributed by atoms with Crippen LogP contribution in [0.5, 0.6) is 5.88 Å². The lowest BCUT2D eigenvalue weighted by molar-refractivity contribution is 0.0944. The Kier molecular flexibility index (Phi) is 5.63. The van der Waals surface area contributed by atoms with Crippen LogP contribution in [0.2, 0.25) is 0 Å². The zero-order valence-electron chi connectivity index (χ0n) is 16.5. The van der Waals surface area contributed by atoms with Gasteiger partial charge in [-0.3, -0.25) is 9.59 Å². The maximum atomic E-state index is 12.5. The van der Waals surface area contributed by atoms with E-state index < -0.39 is 11.8 Å². The molecule has 0 aliphatic carbocycles. The molecule has 3 aromatic rings. The van der Waals surface area contributed by atoms with Crippen LogP contribution in [0, 0.1) is 0 Å². The number of para-hydroxylation sites is 1. The molecule has 0 aliphatic heterocycles. The van der Waals surface area contributed by atoms with Gasteiger partial charge in [0.1, 0.15) is 11.3 Å². The summed E-state index contributed by atoms with van der Waals surface area (Å²) in [5, 5.41) is 7.00. The molecule has 0 unspecified atom stereocenters. The monoisotopic (exact) mass is 393 g/mol. The lowest BCUT2D eigenvalue weighted by Crippen LogP contribution is -2.24. The van der Waals surface area contributed by atoms with E-state index in [0.717, 1.165) is 5.56 Å². The quantitative estimate of drug-likeness (QED) is 0.668. The first-order valence-electron chi connectivity index (χ1n) is 9.10. The molecule has 0 saturated heterocycles. The van der Waals surface area contributed by atoms with Crippen molar-refractivity contribution in [3.8, 4) is 11.6 Å². The summed E-state index contributed by atoms with van der Waals surface area (Å²) in [5.74, 6) is -0.573. The second kappa shape index (κ2) is 8.14. The zero-order chi connectivity index (χ0) is 21.0. The smallest absolute Gasteiger partial charge is 0.272 e. The first kappa shape index (κ1) is 20.1. The van der Waals surface area contributed by atoms with Crippen molar-refractivity contribution in [3.63, 3.8) is 0 Å². The molecule has 0 spiro atoms. The van der Waals surface area contributed by atoms with Crippen LogP contribution in [-0.2, 0) is 6.54 Å². The average Bonchev–Trinajstić information content (AvgIpc) is 3.13. The molecular formula is C21H23N5O3. The third kappa shape index (κ3) is 5.19. The van der Waals surface area contributed by atoms with Gasteiger partial charge >= 0.3 is 0 Å². The molecule has 0 fully saturated rings. The number of carbonyl (C=O) groups is 2. The Balaban J connectivity index is 1.70. The number of primary amides is 1. The SMILES string of the molecule is CC(C)(C)Oc1ccc(CNC(=O)c2cc(C(N)=O)n(-c3ccccc3)n2)cn1. The van der Waals surface area contributed by atoms with Crippen LogP contribution in [0.15, 0.2) is 54.7 Å². The van der Waals surface area contributed by atoms with Crippen LogP contribution >= 0.6 is 0 Å². The van der Waals surface area contributed by atoms with Gasteiger partial charge in [0.15, 0.2) is 5.69 Å². The predicted octanol–water partition coefficient (Wildman–Crippen LogP) is 2.47. The van der Waals surface area contributed by atoms with E-state index in [1.165, 1.54) is 10.7 Å². The highest BCUT2D eigenvalue weighted by atomic mass is 16.5. The largest absolute Gasteiger partial charge is 0.472 e. The summed E-state index contributed by atoms with van der Waals surface area (Å²) in [6.45, 7) is 6.08. The number of amides is 2. The fraction of sp³-hybridized carbons (Fsp3) is 0.238. The van der Waals surface area contributed by atoms with E-state index in [1.807, 2.05) is 45.0 Å². The minimum atomic E-state index is -0.668. The van der Waals surface area contributed by atoms with Crippen molar-refractivity contribution in [3.05, 3.63) is 71.7 Å². The summed E-state index contributed by atoms with van der Waals surface area (Å²) >= 11 is 0. The van der Waals surface area contributed by atoms with Crippen molar-refractivity contribution >= 4 is 11.8 Å². The average molecular weight is 393 g/mol. The molecule has 29 heavy (non-hydrogen) atoms. The van der Waals surface area contributed by atoms with Crippen LogP contribution in [0.4, 0.5) is 0 Å².